The number of halogens is 3. The van der Waals surface area contributed by atoms with E-state index in [1.54, 1.807) is 0 Å². The second-order valence-corrected chi connectivity index (χ2v) is 2.30. The Hall–Kier alpha value is -1.28. The van der Waals surface area contributed by atoms with Gasteiger partial charge in [-0.25, -0.2) is 4.98 Å². The van der Waals surface area contributed by atoms with Crippen molar-refractivity contribution in [2.24, 2.45) is 0 Å². The molecule has 14 heavy (non-hydrogen) atoms. The molecular weight excluding hydrogens is 202 g/mol. The normalized spacial score (nSPS) is 11.2. The molecule has 0 amide bonds. The van der Waals surface area contributed by atoms with Gasteiger partial charge in [-0.1, -0.05) is 6.07 Å². The van der Waals surface area contributed by atoms with Crippen molar-refractivity contribution in [1.29, 1.82) is 0 Å². The first-order valence-electron chi connectivity index (χ1n) is 3.46. The first-order chi connectivity index (χ1) is 6.39. The Bertz CT molecular complexity index is 317. The van der Waals surface area contributed by atoms with E-state index in [9.17, 15) is 13.2 Å². The Labute approximate surface area is 77.1 Å². The number of hydrogen-bond acceptors (Lipinski definition) is 4. The Kier molecular flexibility index (Phi) is 2.97. The first kappa shape index (κ1) is 10.8. The summed E-state index contributed by atoms with van der Waals surface area (Å²) in [6.07, 6.45) is -4.58. The van der Waals surface area contributed by atoms with Crippen molar-refractivity contribution in [2.45, 2.75) is 6.18 Å². The van der Waals surface area contributed by atoms with Gasteiger partial charge >= 0.3 is 13.5 Å². The lowest BCUT2D eigenvalue weighted by molar-refractivity contribution is -0.141. The van der Waals surface area contributed by atoms with E-state index in [0.717, 1.165) is 18.2 Å². The molecule has 2 N–H and O–H groups in total. The molecule has 1 rings (SSSR count). The average molecular weight is 207 g/mol. The fraction of sp³-hybridized carbons (Fsp3) is 0.167. The van der Waals surface area contributed by atoms with E-state index >= 15 is 0 Å². The highest BCUT2D eigenvalue weighted by Gasteiger charge is 2.32. The van der Waals surface area contributed by atoms with Crippen LogP contribution in [0.2, 0.25) is 0 Å². The molecule has 76 valence electrons. The first-order valence-corrected chi connectivity index (χ1v) is 3.46. The van der Waals surface area contributed by atoms with Crippen LogP contribution < -0.4 is 4.65 Å². The van der Waals surface area contributed by atoms with Crippen molar-refractivity contribution in [2.75, 3.05) is 0 Å². The molecule has 0 saturated heterocycles. The van der Waals surface area contributed by atoms with Crippen LogP contribution >= 0.6 is 0 Å². The van der Waals surface area contributed by atoms with E-state index in [0.29, 0.717) is 0 Å². The predicted molar refractivity (Wildman–Crippen MR) is 40.1 cm³/mol. The standard InChI is InChI=1S/C6H5BF3NO3/c8-6(9,10)4-2-1-3-5(11-4)14-7(12)13/h1-3,12-13H. The average Bonchev–Trinajstić information content (AvgIpc) is 2.01. The molecular formula is C6H5BF3NO3. The second-order valence-electron chi connectivity index (χ2n) is 2.30. The minimum Gasteiger partial charge on any atom is -0.498 e. The van der Waals surface area contributed by atoms with Gasteiger partial charge in [-0.3, -0.25) is 0 Å². The summed E-state index contributed by atoms with van der Waals surface area (Å²) in [5.41, 5.74) is -1.16. The number of hydrogen-bond donors (Lipinski definition) is 2. The van der Waals surface area contributed by atoms with Crippen LogP contribution in [0.15, 0.2) is 18.2 Å². The monoisotopic (exact) mass is 207 g/mol. The Morgan fingerprint density at radius 1 is 1.29 bits per heavy atom. The summed E-state index contributed by atoms with van der Waals surface area (Å²) < 4.78 is 40.3. The maximum atomic E-state index is 12.1. The lowest BCUT2D eigenvalue weighted by atomic mass is 10.2. The summed E-state index contributed by atoms with van der Waals surface area (Å²) in [4.78, 5) is 3.02. The van der Waals surface area contributed by atoms with Gasteiger partial charge in [0.1, 0.15) is 5.69 Å². The third-order valence-electron chi connectivity index (χ3n) is 1.24. The molecule has 0 radical (unpaired) electrons. The van der Waals surface area contributed by atoms with Crippen LogP contribution in [-0.2, 0) is 6.18 Å². The number of alkyl halides is 3. The van der Waals surface area contributed by atoms with E-state index in [-0.39, 0.29) is 0 Å². The Morgan fingerprint density at radius 3 is 2.43 bits per heavy atom. The third-order valence-corrected chi connectivity index (χ3v) is 1.24. The number of pyridine rings is 1. The molecule has 0 bridgehead atoms. The molecule has 0 unspecified atom stereocenters. The molecule has 0 aliphatic rings. The summed E-state index contributed by atoms with van der Waals surface area (Å²) >= 11 is 0. The van der Waals surface area contributed by atoms with E-state index in [1.807, 2.05) is 0 Å². The van der Waals surface area contributed by atoms with E-state index in [1.165, 1.54) is 0 Å². The number of nitrogens with zero attached hydrogens (tertiary/aromatic N) is 1. The van der Waals surface area contributed by atoms with Gasteiger partial charge in [0, 0.05) is 0 Å². The van der Waals surface area contributed by atoms with Crippen molar-refractivity contribution in [3.05, 3.63) is 23.9 Å². The zero-order valence-electron chi connectivity index (χ0n) is 6.69. The van der Waals surface area contributed by atoms with Crippen molar-refractivity contribution in [3.63, 3.8) is 0 Å². The molecule has 1 aromatic heterocycles. The maximum Gasteiger partial charge on any atom is 0.708 e. The van der Waals surface area contributed by atoms with Gasteiger partial charge in [0.2, 0.25) is 0 Å². The smallest absolute Gasteiger partial charge is 0.498 e. The van der Waals surface area contributed by atoms with Crippen LogP contribution in [-0.4, -0.2) is 22.4 Å². The van der Waals surface area contributed by atoms with Gasteiger partial charge in [0.05, 0.1) is 0 Å². The summed E-state index contributed by atoms with van der Waals surface area (Å²) in [6.45, 7) is 0. The minimum absolute atomic E-state index is 0.505. The summed E-state index contributed by atoms with van der Waals surface area (Å²) in [7, 11) is -2.19. The Balaban J connectivity index is 2.90. The van der Waals surface area contributed by atoms with Crippen molar-refractivity contribution in [3.8, 4) is 5.88 Å². The van der Waals surface area contributed by atoms with Crippen LogP contribution in [0, 0.1) is 0 Å². The molecule has 1 aromatic rings. The number of rotatable bonds is 2. The van der Waals surface area contributed by atoms with Crippen molar-refractivity contribution < 1.29 is 27.9 Å². The van der Waals surface area contributed by atoms with E-state index in [2.05, 4.69) is 9.64 Å². The highest BCUT2D eigenvalue weighted by Crippen LogP contribution is 2.28. The molecule has 1 heterocycles. The van der Waals surface area contributed by atoms with E-state index in [4.69, 9.17) is 10.0 Å². The van der Waals surface area contributed by atoms with Gasteiger partial charge in [-0.2, -0.15) is 13.2 Å². The second kappa shape index (κ2) is 3.85. The molecule has 4 nitrogen and oxygen atoms in total. The highest BCUT2D eigenvalue weighted by molar-refractivity contribution is 6.33. The lowest BCUT2D eigenvalue weighted by Gasteiger charge is -2.07. The maximum absolute atomic E-state index is 12.1. The van der Waals surface area contributed by atoms with Gasteiger partial charge in [0.25, 0.3) is 0 Å². The molecule has 0 aliphatic heterocycles. The largest absolute Gasteiger partial charge is 0.708 e. The SMILES string of the molecule is OB(O)Oc1cccc(C(F)(F)F)n1. The van der Waals surface area contributed by atoms with Crippen LogP contribution in [0.25, 0.3) is 0 Å². The molecule has 0 aromatic carbocycles. The van der Waals surface area contributed by atoms with Crippen LogP contribution in [0.1, 0.15) is 5.69 Å². The topological polar surface area (TPSA) is 62.6 Å². The summed E-state index contributed by atoms with van der Waals surface area (Å²) in [5.74, 6) is -0.505. The van der Waals surface area contributed by atoms with Crippen molar-refractivity contribution >= 4 is 7.32 Å². The number of aromatic nitrogens is 1. The fourth-order valence-corrected chi connectivity index (χ4v) is 0.746. The molecule has 0 spiro atoms. The quantitative estimate of drug-likeness (QED) is 0.691. The highest BCUT2D eigenvalue weighted by atomic mass is 19.4. The van der Waals surface area contributed by atoms with Crippen LogP contribution in [0.5, 0.6) is 5.88 Å². The van der Waals surface area contributed by atoms with E-state index < -0.39 is 25.1 Å². The van der Waals surface area contributed by atoms with Crippen LogP contribution in [0.4, 0.5) is 13.2 Å². The molecule has 0 aliphatic carbocycles. The molecule has 8 heteroatoms. The molecule has 0 saturated carbocycles. The summed E-state index contributed by atoms with van der Waals surface area (Å²) in [5, 5.41) is 16.6. The molecule has 0 fully saturated rings. The lowest BCUT2D eigenvalue weighted by Crippen LogP contribution is -2.21. The fourth-order valence-electron chi connectivity index (χ4n) is 0.746. The minimum atomic E-state index is -4.58. The van der Waals surface area contributed by atoms with Gasteiger partial charge < -0.3 is 14.7 Å². The van der Waals surface area contributed by atoms with Crippen LogP contribution in [0.3, 0.4) is 0 Å². The zero-order chi connectivity index (χ0) is 10.8. The van der Waals surface area contributed by atoms with Crippen molar-refractivity contribution in [1.82, 2.24) is 4.98 Å². The zero-order valence-corrected chi connectivity index (χ0v) is 6.69. The molecule has 0 atom stereocenters. The Morgan fingerprint density at radius 2 is 1.93 bits per heavy atom. The van der Waals surface area contributed by atoms with Gasteiger partial charge in [0.15, 0.2) is 5.88 Å². The third kappa shape index (κ3) is 2.89. The van der Waals surface area contributed by atoms with Gasteiger partial charge in [-0.05, 0) is 12.1 Å². The predicted octanol–water partition coefficient (Wildman–Crippen LogP) is 0.449. The van der Waals surface area contributed by atoms with Gasteiger partial charge in [-0.15, -0.1) is 0 Å². The summed E-state index contributed by atoms with van der Waals surface area (Å²) in [6, 6.07) is 2.87.